The Morgan fingerprint density at radius 1 is 1.13 bits per heavy atom. The molecule has 1 aromatic heterocycles. The number of amides is 1. The topological polar surface area (TPSA) is 119 Å². The molecule has 0 unspecified atom stereocenters. The molecule has 3 N–H and O–H groups in total. The molecule has 9 heteroatoms. The molecule has 1 saturated heterocycles. The lowest BCUT2D eigenvalue weighted by atomic mass is 9.94. The highest BCUT2D eigenvalue weighted by molar-refractivity contribution is 5.92. The number of carbonyl (C=O) groups excluding carboxylic acids is 1. The number of carboxylic acids is 1. The normalized spacial score (nSPS) is 19.4. The zero-order valence-corrected chi connectivity index (χ0v) is 17.8. The fraction of sp³-hybridized carbons (Fsp3) is 0.714. The Kier molecular flexibility index (Phi) is 7.60. The highest BCUT2D eigenvalue weighted by Gasteiger charge is 2.39. The molecule has 3 rings (SSSR count). The molecule has 2 heterocycles. The van der Waals surface area contributed by atoms with Crippen molar-refractivity contribution in [3.05, 3.63) is 18.0 Å². The smallest absolute Gasteiger partial charge is 0.320 e. The summed E-state index contributed by atoms with van der Waals surface area (Å²) in [5.41, 5.74) is 1.77. The number of hydrogen-bond donors (Lipinski definition) is 3. The van der Waals surface area contributed by atoms with Gasteiger partial charge in [-0.2, -0.15) is 0 Å². The summed E-state index contributed by atoms with van der Waals surface area (Å²) in [4.78, 5) is 36.5. The molecule has 1 amide bonds. The van der Waals surface area contributed by atoms with E-state index < -0.39 is 17.9 Å². The number of piperidine rings is 1. The van der Waals surface area contributed by atoms with Crippen molar-refractivity contribution in [1.29, 1.82) is 0 Å². The maximum atomic E-state index is 12.2. The fourth-order valence-corrected chi connectivity index (χ4v) is 4.84. The minimum absolute atomic E-state index is 0.196. The third-order valence-corrected chi connectivity index (χ3v) is 6.26. The van der Waals surface area contributed by atoms with Crippen LogP contribution in [-0.2, 0) is 4.79 Å². The molecule has 30 heavy (non-hydrogen) atoms. The first-order chi connectivity index (χ1) is 14.4. The number of anilines is 1. The zero-order chi connectivity index (χ0) is 21.7. The molecule has 1 aromatic rings. The van der Waals surface area contributed by atoms with Gasteiger partial charge in [-0.05, 0) is 38.0 Å². The molecule has 0 aromatic carbocycles. The summed E-state index contributed by atoms with van der Waals surface area (Å²) in [6.45, 7) is 5.66. The average Bonchev–Trinajstić information content (AvgIpc) is 3.27. The van der Waals surface area contributed by atoms with E-state index in [-0.39, 0.29) is 11.6 Å². The summed E-state index contributed by atoms with van der Waals surface area (Å²) in [5, 5.41) is 18.7. The summed E-state index contributed by atoms with van der Waals surface area (Å²) in [7, 11) is 0. The van der Waals surface area contributed by atoms with E-state index in [9.17, 15) is 14.7 Å². The van der Waals surface area contributed by atoms with Gasteiger partial charge in [0, 0.05) is 37.6 Å². The van der Waals surface area contributed by atoms with E-state index in [1.807, 2.05) is 0 Å². The van der Waals surface area contributed by atoms with Crippen LogP contribution in [0.15, 0.2) is 12.4 Å². The van der Waals surface area contributed by atoms with Crippen molar-refractivity contribution in [2.75, 3.05) is 18.0 Å². The van der Waals surface area contributed by atoms with E-state index in [1.54, 1.807) is 5.48 Å². The van der Waals surface area contributed by atoms with Gasteiger partial charge in [-0.25, -0.2) is 15.4 Å². The van der Waals surface area contributed by atoms with Crippen molar-refractivity contribution in [2.45, 2.75) is 76.9 Å². The van der Waals surface area contributed by atoms with Gasteiger partial charge in [0.1, 0.15) is 6.04 Å². The minimum Gasteiger partial charge on any atom is -0.480 e. The van der Waals surface area contributed by atoms with E-state index in [1.165, 1.54) is 25.2 Å². The molecule has 166 valence electrons. The number of hydrogen-bond acceptors (Lipinski definition) is 7. The number of aromatic nitrogens is 2. The van der Waals surface area contributed by atoms with Crippen LogP contribution >= 0.6 is 0 Å². The average molecular weight is 420 g/mol. The molecular formula is C21H33N5O4. The van der Waals surface area contributed by atoms with Crippen molar-refractivity contribution in [3.8, 4) is 0 Å². The lowest BCUT2D eigenvalue weighted by molar-refractivity contribution is -0.146. The van der Waals surface area contributed by atoms with Crippen LogP contribution in [0, 0.1) is 5.92 Å². The molecule has 1 aliphatic carbocycles. The number of aliphatic carboxylic acids is 1. The summed E-state index contributed by atoms with van der Waals surface area (Å²) in [6, 6.07) is 0.162. The van der Waals surface area contributed by atoms with Gasteiger partial charge in [-0.1, -0.05) is 26.7 Å². The van der Waals surface area contributed by atoms with Crippen LogP contribution < -0.4 is 10.4 Å². The van der Waals surface area contributed by atoms with Crippen molar-refractivity contribution in [3.63, 3.8) is 0 Å². The standard InChI is InChI=1S/C21H33N5O4/c1-14(2)11-18(20(28)29)26(16-5-3-4-6-16)17-7-9-25(10-8-17)21-22-12-15(13-23-21)19(27)24-30/h12-14,16-18,30H,3-11H2,1-2H3,(H,24,27)(H,28,29)/t18-/m0/s1. The molecule has 0 spiro atoms. The van der Waals surface area contributed by atoms with Crippen LogP contribution in [0.3, 0.4) is 0 Å². The first-order valence-electron chi connectivity index (χ1n) is 10.9. The van der Waals surface area contributed by atoms with Crippen LogP contribution in [0.5, 0.6) is 0 Å². The molecule has 2 aliphatic rings. The van der Waals surface area contributed by atoms with Gasteiger partial charge in [0.25, 0.3) is 5.91 Å². The molecule has 9 nitrogen and oxygen atoms in total. The Labute approximate surface area is 177 Å². The second kappa shape index (κ2) is 10.2. The number of carboxylic acid groups (broad SMARTS) is 1. The number of hydroxylamine groups is 1. The maximum absolute atomic E-state index is 12.2. The Morgan fingerprint density at radius 2 is 1.70 bits per heavy atom. The number of nitrogens with zero attached hydrogens (tertiary/aromatic N) is 4. The van der Waals surface area contributed by atoms with Crippen molar-refractivity contribution in [1.82, 2.24) is 20.3 Å². The SMILES string of the molecule is CC(C)C[C@@H](C(=O)O)N(C1CCCC1)C1CCN(c2ncc(C(=O)NO)cn2)CC1. The van der Waals surface area contributed by atoms with Crippen molar-refractivity contribution >= 4 is 17.8 Å². The van der Waals surface area contributed by atoms with Crippen LogP contribution in [0.1, 0.15) is 69.2 Å². The van der Waals surface area contributed by atoms with E-state index in [0.29, 0.717) is 24.3 Å². The molecule has 1 aliphatic heterocycles. The summed E-state index contributed by atoms with van der Waals surface area (Å²) in [6.07, 6.45) is 9.71. The molecule has 0 radical (unpaired) electrons. The van der Waals surface area contributed by atoms with Gasteiger partial charge in [0.2, 0.25) is 5.95 Å². The second-order valence-electron chi connectivity index (χ2n) is 8.80. The van der Waals surface area contributed by atoms with E-state index in [4.69, 9.17) is 5.21 Å². The Hall–Kier alpha value is -2.26. The number of nitrogens with one attached hydrogen (secondary N) is 1. The maximum Gasteiger partial charge on any atom is 0.320 e. The highest BCUT2D eigenvalue weighted by atomic mass is 16.5. The van der Waals surface area contributed by atoms with E-state index >= 15 is 0 Å². The fourth-order valence-electron chi connectivity index (χ4n) is 4.84. The Morgan fingerprint density at radius 3 is 2.20 bits per heavy atom. The first-order valence-corrected chi connectivity index (χ1v) is 10.9. The van der Waals surface area contributed by atoms with Crippen LogP contribution in [0.25, 0.3) is 0 Å². The monoisotopic (exact) mass is 419 g/mol. The summed E-state index contributed by atoms with van der Waals surface area (Å²) >= 11 is 0. The van der Waals surface area contributed by atoms with E-state index in [0.717, 1.165) is 38.8 Å². The predicted molar refractivity (Wildman–Crippen MR) is 111 cm³/mol. The summed E-state index contributed by atoms with van der Waals surface area (Å²) < 4.78 is 0. The summed E-state index contributed by atoms with van der Waals surface area (Å²) in [5.74, 6) is -0.470. The van der Waals surface area contributed by atoms with Gasteiger partial charge in [0.05, 0.1) is 5.56 Å². The molecular weight excluding hydrogens is 386 g/mol. The van der Waals surface area contributed by atoms with Crippen LogP contribution in [-0.4, -0.2) is 68.3 Å². The third kappa shape index (κ3) is 5.26. The lowest BCUT2D eigenvalue weighted by Gasteiger charge is -2.44. The highest BCUT2D eigenvalue weighted by Crippen LogP contribution is 2.32. The minimum atomic E-state index is -0.709. The quantitative estimate of drug-likeness (QED) is 0.434. The Bertz CT molecular complexity index is 713. The molecule has 1 saturated carbocycles. The number of carbonyl (C=O) groups is 2. The van der Waals surface area contributed by atoms with Crippen LogP contribution in [0.4, 0.5) is 5.95 Å². The van der Waals surface area contributed by atoms with Gasteiger partial charge in [-0.3, -0.25) is 19.7 Å². The Balaban J connectivity index is 1.69. The van der Waals surface area contributed by atoms with Gasteiger partial charge < -0.3 is 10.0 Å². The molecule has 2 fully saturated rings. The van der Waals surface area contributed by atoms with Crippen molar-refractivity contribution in [2.24, 2.45) is 5.92 Å². The largest absolute Gasteiger partial charge is 0.480 e. The van der Waals surface area contributed by atoms with Gasteiger partial charge >= 0.3 is 5.97 Å². The van der Waals surface area contributed by atoms with Crippen LogP contribution in [0.2, 0.25) is 0 Å². The van der Waals surface area contributed by atoms with E-state index in [2.05, 4.69) is 33.6 Å². The molecule has 0 bridgehead atoms. The lowest BCUT2D eigenvalue weighted by Crippen LogP contribution is -2.55. The van der Waals surface area contributed by atoms with Crippen molar-refractivity contribution < 1.29 is 19.9 Å². The second-order valence-corrected chi connectivity index (χ2v) is 8.80. The van der Waals surface area contributed by atoms with Gasteiger partial charge in [0.15, 0.2) is 0 Å². The number of rotatable bonds is 8. The van der Waals surface area contributed by atoms with Gasteiger partial charge in [-0.15, -0.1) is 0 Å². The first kappa shape index (κ1) is 22.4. The zero-order valence-electron chi connectivity index (χ0n) is 17.8. The molecule has 1 atom stereocenters. The third-order valence-electron chi connectivity index (χ3n) is 6.26. The predicted octanol–water partition coefficient (Wildman–Crippen LogP) is 2.31.